The molecule has 0 spiro atoms. The molecule has 0 bridgehead atoms. The number of hydrogen-bond donors (Lipinski definition) is 0. The fourth-order valence-corrected chi connectivity index (χ4v) is 2.70. The van der Waals surface area contributed by atoms with Crippen LogP contribution in [0.5, 0.6) is 0 Å². The standard InChI is InChI=1S/C8H11N2.C2F6NO4S2/c1-3-5-10-7-6-9(4-2)8-10;3-1(4,5)14(10,11)9-15(12,13)2(6,7)8/h3-4,6-8H,1-2,5H2;/q+1;-1. The monoisotopic (exact) mass is 415 g/mol. The second-order valence-electron chi connectivity index (χ2n) is 3.95. The van der Waals surface area contributed by atoms with Crippen LogP contribution < -0.4 is 4.57 Å². The molecule has 0 fully saturated rings. The van der Waals surface area contributed by atoms with Crippen molar-refractivity contribution in [1.82, 2.24) is 4.57 Å². The van der Waals surface area contributed by atoms with Gasteiger partial charge in [-0.05, 0) is 0 Å². The molecule has 0 N–H and O–H groups in total. The van der Waals surface area contributed by atoms with E-state index < -0.39 is 31.1 Å². The van der Waals surface area contributed by atoms with Gasteiger partial charge in [0.15, 0.2) is 20.0 Å². The molecule has 0 aromatic carbocycles. The van der Waals surface area contributed by atoms with Gasteiger partial charge in [0.1, 0.15) is 18.9 Å². The van der Waals surface area contributed by atoms with Crippen molar-refractivity contribution in [1.29, 1.82) is 0 Å². The van der Waals surface area contributed by atoms with Crippen LogP contribution in [-0.2, 0) is 26.6 Å². The summed E-state index contributed by atoms with van der Waals surface area (Å²) in [5, 5.41) is 0. The first-order chi connectivity index (χ1) is 11.1. The Labute approximate surface area is 139 Å². The van der Waals surface area contributed by atoms with Crippen molar-refractivity contribution >= 4 is 26.2 Å². The van der Waals surface area contributed by atoms with Gasteiger partial charge in [-0.1, -0.05) is 19.2 Å². The van der Waals surface area contributed by atoms with E-state index in [2.05, 4.69) is 13.2 Å². The Morgan fingerprint density at radius 1 is 1.00 bits per heavy atom. The summed E-state index contributed by atoms with van der Waals surface area (Å²) in [7, 11) is -13.4. The number of nitrogens with zero attached hydrogens (tertiary/aromatic N) is 3. The molecule has 15 heteroatoms. The van der Waals surface area contributed by atoms with Gasteiger partial charge in [-0.15, -0.1) is 0 Å². The van der Waals surface area contributed by atoms with Crippen LogP contribution in [0.3, 0.4) is 0 Å². The zero-order valence-corrected chi connectivity index (χ0v) is 13.7. The second-order valence-corrected chi connectivity index (χ2v) is 7.37. The summed E-state index contributed by atoms with van der Waals surface area (Å²) >= 11 is 0. The molecule has 7 nitrogen and oxygen atoms in total. The van der Waals surface area contributed by atoms with Crippen molar-refractivity contribution in [2.24, 2.45) is 0 Å². The van der Waals surface area contributed by atoms with Gasteiger partial charge in [-0.3, -0.25) is 0 Å². The van der Waals surface area contributed by atoms with Crippen molar-refractivity contribution in [2.45, 2.75) is 17.6 Å². The average molecular weight is 415 g/mol. The zero-order valence-electron chi connectivity index (χ0n) is 12.1. The van der Waals surface area contributed by atoms with E-state index in [1.165, 1.54) is 0 Å². The van der Waals surface area contributed by atoms with Crippen LogP contribution in [0.4, 0.5) is 26.3 Å². The van der Waals surface area contributed by atoms with Crippen molar-refractivity contribution in [3.8, 4) is 0 Å². The minimum atomic E-state index is -6.72. The topological polar surface area (TPSA) is 91.2 Å². The molecule has 0 aliphatic heterocycles. The van der Waals surface area contributed by atoms with E-state index in [0.717, 1.165) is 10.7 Å². The van der Waals surface area contributed by atoms with Crippen LogP contribution in [0.25, 0.3) is 10.3 Å². The molecular weight excluding hydrogens is 404 g/mol. The van der Waals surface area contributed by atoms with Crippen molar-refractivity contribution in [2.75, 3.05) is 0 Å². The Morgan fingerprint density at radius 2 is 1.44 bits per heavy atom. The highest BCUT2D eigenvalue weighted by Crippen LogP contribution is 2.36. The van der Waals surface area contributed by atoms with Crippen LogP contribution in [0, 0.1) is 0 Å². The van der Waals surface area contributed by atoms with Gasteiger partial charge in [0, 0.05) is 0 Å². The molecule has 0 saturated heterocycles. The molecule has 25 heavy (non-hydrogen) atoms. The average Bonchev–Trinajstić information content (AvgIpc) is 2.84. The fraction of sp³-hybridized carbons (Fsp3) is 0.300. The summed E-state index contributed by atoms with van der Waals surface area (Å²) < 4.78 is 113. The number of halogens is 6. The van der Waals surface area contributed by atoms with Gasteiger partial charge in [-0.2, -0.15) is 26.3 Å². The van der Waals surface area contributed by atoms with Gasteiger partial charge in [-0.25, -0.2) is 26.0 Å². The quantitative estimate of drug-likeness (QED) is 0.419. The largest absolute Gasteiger partial charge is 0.480 e. The van der Waals surface area contributed by atoms with Crippen LogP contribution >= 0.6 is 0 Å². The molecule has 144 valence electrons. The highest BCUT2D eigenvalue weighted by atomic mass is 32.3. The molecule has 0 atom stereocenters. The molecule has 1 aromatic rings. The van der Waals surface area contributed by atoms with Crippen molar-refractivity contribution in [3.05, 3.63) is 42.1 Å². The Kier molecular flexibility index (Phi) is 7.41. The summed E-state index contributed by atoms with van der Waals surface area (Å²) in [5.41, 5.74) is -12.4. The predicted octanol–water partition coefficient (Wildman–Crippen LogP) is 2.12. The van der Waals surface area contributed by atoms with Crippen molar-refractivity contribution in [3.63, 3.8) is 0 Å². The van der Waals surface area contributed by atoms with E-state index in [4.69, 9.17) is 0 Å². The summed E-state index contributed by atoms with van der Waals surface area (Å²) in [6.07, 6.45) is 9.47. The lowest BCUT2D eigenvalue weighted by Crippen LogP contribution is -2.30. The van der Waals surface area contributed by atoms with Crippen molar-refractivity contribution < 1.29 is 47.7 Å². The first-order valence-electron chi connectivity index (χ1n) is 5.74. The highest BCUT2D eigenvalue weighted by molar-refractivity contribution is 8.13. The smallest absolute Gasteiger partial charge is 0.421 e. The molecule has 0 aliphatic rings. The number of imidazole rings is 1. The summed E-state index contributed by atoms with van der Waals surface area (Å²) in [6.45, 7) is 8.11. The van der Waals surface area contributed by atoms with E-state index in [-0.39, 0.29) is 0 Å². The van der Waals surface area contributed by atoms with Gasteiger partial charge in [0.05, 0.1) is 6.20 Å². The summed E-state index contributed by atoms with van der Waals surface area (Å²) in [4.78, 5) is 0. The Balaban J connectivity index is 0.000000496. The Bertz CT molecular complexity index is 766. The number of allylic oxidation sites excluding steroid dienone is 1. The number of hydrogen-bond acceptors (Lipinski definition) is 4. The lowest BCUT2D eigenvalue weighted by molar-refractivity contribution is -0.686. The van der Waals surface area contributed by atoms with Gasteiger partial charge >= 0.3 is 11.0 Å². The van der Waals surface area contributed by atoms with Crippen LogP contribution in [0.2, 0.25) is 0 Å². The molecule has 1 aromatic heterocycles. The summed E-state index contributed by atoms with van der Waals surface area (Å²) in [5.74, 6) is 0. The number of aromatic nitrogens is 2. The lowest BCUT2D eigenvalue weighted by atomic mass is 10.6. The number of sulfonamides is 2. The van der Waals surface area contributed by atoms with E-state index >= 15 is 0 Å². The third kappa shape index (κ3) is 6.87. The van der Waals surface area contributed by atoms with Crippen LogP contribution in [0.1, 0.15) is 0 Å². The normalized spacial score (nSPS) is 12.9. The van der Waals surface area contributed by atoms with Gasteiger partial charge in [0.25, 0.3) is 0 Å². The number of alkyl halides is 6. The first kappa shape index (κ1) is 23.1. The maximum absolute atomic E-state index is 11.4. The van der Waals surface area contributed by atoms with E-state index in [9.17, 15) is 43.2 Å². The van der Waals surface area contributed by atoms with E-state index in [0.29, 0.717) is 0 Å². The SMILES string of the molecule is C=CC[n+]1ccn(C=C)c1.O=S(=O)([N-]S(=O)(=O)C(F)(F)F)C(F)(F)F. The minimum absolute atomic E-state index is 0.778. The maximum atomic E-state index is 11.4. The molecule has 0 unspecified atom stereocenters. The molecule has 1 heterocycles. The molecule has 0 saturated carbocycles. The molecule has 0 amide bonds. The van der Waals surface area contributed by atoms with Crippen LogP contribution in [0.15, 0.2) is 38.0 Å². The molecule has 1 rings (SSSR count). The Morgan fingerprint density at radius 3 is 1.72 bits per heavy atom. The van der Waals surface area contributed by atoms with Gasteiger partial charge in [0.2, 0.25) is 6.33 Å². The third-order valence-corrected chi connectivity index (χ3v) is 4.78. The Hall–Kier alpha value is -1.87. The predicted molar refractivity (Wildman–Crippen MR) is 74.5 cm³/mol. The fourth-order valence-electron chi connectivity index (χ4n) is 0.990. The van der Waals surface area contributed by atoms with E-state index in [1.807, 2.05) is 33.9 Å². The van der Waals surface area contributed by atoms with Gasteiger partial charge < -0.3 is 4.13 Å². The highest BCUT2D eigenvalue weighted by Gasteiger charge is 2.46. The second kappa shape index (κ2) is 8.01. The third-order valence-electron chi connectivity index (χ3n) is 2.04. The summed E-state index contributed by atoms with van der Waals surface area (Å²) in [6, 6.07) is 0. The maximum Gasteiger partial charge on any atom is 0.480 e. The molecule has 0 radical (unpaired) electrons. The first-order valence-corrected chi connectivity index (χ1v) is 8.62. The minimum Gasteiger partial charge on any atom is -0.421 e. The van der Waals surface area contributed by atoms with E-state index in [1.54, 1.807) is 6.20 Å². The number of rotatable bonds is 5. The molecule has 0 aliphatic carbocycles. The lowest BCUT2D eigenvalue weighted by Gasteiger charge is -2.22. The molecular formula is C10H11F6N3O4S2. The van der Waals surface area contributed by atoms with Crippen LogP contribution in [-0.4, -0.2) is 32.4 Å². The zero-order chi connectivity index (χ0) is 20.1.